The van der Waals surface area contributed by atoms with Crippen LogP contribution >= 0.6 is 22.6 Å². The lowest BCUT2D eigenvalue weighted by molar-refractivity contribution is -0.125. The molecule has 0 aliphatic heterocycles. The second-order valence-electron chi connectivity index (χ2n) is 6.95. The fraction of sp³-hybridized carbons (Fsp3) is 0.611. The zero-order chi connectivity index (χ0) is 16.9. The number of Topliss-reactive ketones (excluding diaryl/α,β-unsaturated/α-hetero) is 1. The lowest BCUT2D eigenvalue weighted by Crippen LogP contribution is -2.50. The minimum absolute atomic E-state index is 0.206. The largest absolute Gasteiger partial charge is 0.408 e. The van der Waals surface area contributed by atoms with Gasteiger partial charge in [-0.05, 0) is 85.4 Å². The van der Waals surface area contributed by atoms with Crippen LogP contribution in [0.5, 0.6) is 5.75 Å². The van der Waals surface area contributed by atoms with E-state index in [9.17, 15) is 4.79 Å². The van der Waals surface area contributed by atoms with E-state index in [-0.39, 0.29) is 11.8 Å². The molecule has 1 aromatic rings. The zero-order valence-corrected chi connectivity index (χ0v) is 16.0. The van der Waals surface area contributed by atoms with Crippen molar-refractivity contribution in [1.82, 2.24) is 10.8 Å². The Morgan fingerprint density at radius 2 is 1.67 bits per heavy atom. The molecule has 2 saturated carbocycles. The molecule has 2 aliphatic carbocycles. The summed E-state index contributed by atoms with van der Waals surface area (Å²) in [7, 11) is 0. The summed E-state index contributed by atoms with van der Waals surface area (Å²) < 4.78 is 1.16. The average Bonchev–Trinajstić information content (AvgIpc) is 2.58. The summed E-state index contributed by atoms with van der Waals surface area (Å²) >= 11 is 2.25. The average molecular weight is 443 g/mol. The number of nitrogens with two attached hydrogens (primary N) is 1. The Morgan fingerprint density at radius 3 is 2.33 bits per heavy atom. The van der Waals surface area contributed by atoms with Gasteiger partial charge in [0.05, 0.1) is 0 Å². The SMILES string of the molecule is NC1CCC(NC2CCC(NOc3ccc(I)cc3)C(=O)C2)CC1. The van der Waals surface area contributed by atoms with Crippen molar-refractivity contribution in [2.75, 3.05) is 0 Å². The molecule has 2 atom stereocenters. The highest BCUT2D eigenvalue weighted by atomic mass is 127. The molecule has 2 aliphatic rings. The third kappa shape index (κ3) is 5.15. The molecule has 0 saturated heterocycles. The Morgan fingerprint density at radius 1 is 1.00 bits per heavy atom. The predicted molar refractivity (Wildman–Crippen MR) is 103 cm³/mol. The summed E-state index contributed by atoms with van der Waals surface area (Å²) in [6.07, 6.45) is 6.83. The molecule has 6 heteroatoms. The van der Waals surface area contributed by atoms with E-state index in [1.165, 1.54) is 0 Å². The summed E-state index contributed by atoms with van der Waals surface area (Å²) in [4.78, 5) is 17.9. The number of hydrogen-bond donors (Lipinski definition) is 3. The molecular weight excluding hydrogens is 417 g/mol. The number of hydrogen-bond acceptors (Lipinski definition) is 5. The van der Waals surface area contributed by atoms with Crippen LogP contribution in [0.15, 0.2) is 24.3 Å². The molecule has 24 heavy (non-hydrogen) atoms. The Labute approximate surface area is 157 Å². The van der Waals surface area contributed by atoms with Gasteiger partial charge in [0.15, 0.2) is 5.78 Å². The van der Waals surface area contributed by atoms with Crippen molar-refractivity contribution in [2.45, 2.75) is 69.1 Å². The van der Waals surface area contributed by atoms with Crippen LogP contribution < -0.4 is 21.4 Å². The van der Waals surface area contributed by atoms with E-state index in [0.717, 1.165) is 47.8 Å². The van der Waals surface area contributed by atoms with E-state index in [0.29, 0.717) is 24.5 Å². The summed E-state index contributed by atoms with van der Waals surface area (Å²) in [5, 5.41) is 3.66. The summed E-state index contributed by atoms with van der Waals surface area (Å²) in [6.45, 7) is 0. The first kappa shape index (κ1) is 18.1. The number of rotatable bonds is 5. The first-order valence-electron chi connectivity index (χ1n) is 8.82. The van der Waals surface area contributed by atoms with E-state index >= 15 is 0 Å². The highest BCUT2D eigenvalue weighted by Gasteiger charge is 2.31. The van der Waals surface area contributed by atoms with Gasteiger partial charge in [-0.15, -0.1) is 5.48 Å². The smallest absolute Gasteiger partial charge is 0.154 e. The van der Waals surface area contributed by atoms with Gasteiger partial charge >= 0.3 is 0 Å². The number of benzene rings is 1. The van der Waals surface area contributed by atoms with Crippen LogP contribution in [0.1, 0.15) is 44.9 Å². The molecule has 3 rings (SSSR count). The maximum atomic E-state index is 12.4. The van der Waals surface area contributed by atoms with E-state index in [1.54, 1.807) is 0 Å². The first-order valence-corrected chi connectivity index (χ1v) is 9.90. The molecule has 2 unspecified atom stereocenters. The molecule has 0 bridgehead atoms. The third-order valence-corrected chi connectivity index (χ3v) is 5.74. The third-order valence-electron chi connectivity index (χ3n) is 5.02. The summed E-state index contributed by atoms with van der Waals surface area (Å²) in [5.74, 6) is 0.971. The molecule has 5 nitrogen and oxygen atoms in total. The van der Waals surface area contributed by atoms with E-state index in [1.807, 2.05) is 24.3 Å². The van der Waals surface area contributed by atoms with Crippen molar-refractivity contribution in [3.05, 3.63) is 27.8 Å². The summed E-state index contributed by atoms with van der Waals surface area (Å²) in [6, 6.07) is 8.75. The topological polar surface area (TPSA) is 76.4 Å². The number of ketones is 1. The van der Waals surface area contributed by atoms with Crippen molar-refractivity contribution < 1.29 is 9.63 Å². The number of nitrogens with one attached hydrogen (secondary N) is 2. The Kier molecular flexibility index (Phi) is 6.49. The first-order chi connectivity index (χ1) is 11.6. The van der Waals surface area contributed by atoms with E-state index < -0.39 is 0 Å². The Balaban J connectivity index is 1.41. The molecule has 4 N–H and O–H groups in total. The number of carbonyl (C=O) groups is 1. The number of hydroxylamine groups is 1. The van der Waals surface area contributed by atoms with Crippen molar-refractivity contribution >= 4 is 28.4 Å². The number of halogens is 1. The quantitative estimate of drug-likeness (QED) is 0.482. The van der Waals surface area contributed by atoms with Crippen LogP contribution in [-0.4, -0.2) is 30.0 Å². The minimum Gasteiger partial charge on any atom is -0.408 e. The highest BCUT2D eigenvalue weighted by Crippen LogP contribution is 2.22. The standard InChI is InChI=1S/C18H26IN3O2/c19-12-1-8-16(9-2-12)24-22-17-10-7-15(11-18(17)23)21-14-5-3-13(20)4-6-14/h1-2,8-9,13-15,17,21-22H,3-7,10-11,20H2. The minimum atomic E-state index is -0.206. The molecule has 0 aromatic heterocycles. The molecular formula is C18H26IN3O2. The van der Waals surface area contributed by atoms with Gasteiger partial charge in [-0.2, -0.15) is 0 Å². The molecule has 2 fully saturated rings. The van der Waals surface area contributed by atoms with Crippen molar-refractivity contribution in [2.24, 2.45) is 5.73 Å². The monoisotopic (exact) mass is 443 g/mol. The second-order valence-corrected chi connectivity index (χ2v) is 8.20. The van der Waals surface area contributed by atoms with Crippen LogP contribution in [0.2, 0.25) is 0 Å². The van der Waals surface area contributed by atoms with Gasteiger partial charge in [-0.3, -0.25) is 4.79 Å². The fourth-order valence-corrected chi connectivity index (χ4v) is 3.90. The van der Waals surface area contributed by atoms with Gasteiger partial charge < -0.3 is 15.9 Å². The lowest BCUT2D eigenvalue weighted by Gasteiger charge is -2.34. The maximum Gasteiger partial charge on any atom is 0.154 e. The van der Waals surface area contributed by atoms with Gasteiger partial charge in [0.25, 0.3) is 0 Å². The molecule has 132 valence electrons. The van der Waals surface area contributed by atoms with Crippen LogP contribution in [0.25, 0.3) is 0 Å². The van der Waals surface area contributed by atoms with Crippen molar-refractivity contribution in [3.8, 4) is 5.75 Å². The fourth-order valence-electron chi connectivity index (χ4n) is 3.54. The van der Waals surface area contributed by atoms with E-state index in [2.05, 4.69) is 33.4 Å². The molecule has 0 amide bonds. The van der Waals surface area contributed by atoms with Crippen LogP contribution in [-0.2, 0) is 4.79 Å². The van der Waals surface area contributed by atoms with Crippen molar-refractivity contribution in [3.63, 3.8) is 0 Å². The predicted octanol–water partition coefficient (Wildman–Crippen LogP) is 2.52. The second kappa shape index (κ2) is 8.60. The lowest BCUT2D eigenvalue weighted by atomic mass is 9.87. The van der Waals surface area contributed by atoms with Crippen LogP contribution in [0, 0.1) is 3.57 Å². The normalized spacial score (nSPS) is 31.0. The van der Waals surface area contributed by atoms with Crippen LogP contribution in [0.3, 0.4) is 0 Å². The van der Waals surface area contributed by atoms with Gasteiger partial charge in [-0.1, -0.05) is 0 Å². The summed E-state index contributed by atoms with van der Waals surface area (Å²) in [5.41, 5.74) is 8.90. The molecule has 0 radical (unpaired) electrons. The van der Waals surface area contributed by atoms with Crippen molar-refractivity contribution in [1.29, 1.82) is 0 Å². The van der Waals surface area contributed by atoms with Gasteiger partial charge in [-0.25, -0.2) is 0 Å². The zero-order valence-electron chi connectivity index (χ0n) is 13.8. The Hall–Kier alpha value is -0.700. The van der Waals surface area contributed by atoms with Gasteiger partial charge in [0.1, 0.15) is 11.8 Å². The molecule has 1 aromatic carbocycles. The van der Waals surface area contributed by atoms with Crippen LogP contribution in [0.4, 0.5) is 0 Å². The highest BCUT2D eigenvalue weighted by molar-refractivity contribution is 14.1. The van der Waals surface area contributed by atoms with E-state index in [4.69, 9.17) is 10.6 Å². The Bertz CT molecular complexity index is 544. The van der Waals surface area contributed by atoms with Gasteiger partial charge in [0.2, 0.25) is 0 Å². The van der Waals surface area contributed by atoms with Gasteiger partial charge in [0, 0.05) is 28.1 Å². The number of carbonyl (C=O) groups excluding carboxylic acids is 1. The molecule has 0 heterocycles. The maximum absolute atomic E-state index is 12.4. The molecule has 0 spiro atoms.